The van der Waals surface area contributed by atoms with Crippen molar-refractivity contribution in [1.29, 1.82) is 0 Å². The van der Waals surface area contributed by atoms with Gasteiger partial charge in [-0.3, -0.25) is 4.79 Å². The van der Waals surface area contributed by atoms with Gasteiger partial charge in [-0.25, -0.2) is 0 Å². The third kappa shape index (κ3) is 1.85. The highest BCUT2D eigenvalue weighted by Crippen LogP contribution is 2.13. The van der Waals surface area contributed by atoms with Crippen molar-refractivity contribution in [3.63, 3.8) is 0 Å². The topological polar surface area (TPSA) is 17.1 Å². The predicted octanol–water partition coefficient (Wildman–Crippen LogP) is 1.78. The molecule has 0 bridgehead atoms. The minimum absolute atomic E-state index is 0.552. The molecule has 0 aliphatic heterocycles. The summed E-state index contributed by atoms with van der Waals surface area (Å²) in [6, 6.07) is 9.38. The summed E-state index contributed by atoms with van der Waals surface area (Å²) >= 11 is 0. The molecular weight excluding hydrogens is 147 g/mol. The largest absolute Gasteiger partial charge is 0.298 e. The Kier molecular flexibility index (Phi) is 2.86. The number of rotatable bonds is 2. The first-order valence-electron chi connectivity index (χ1n) is 3.72. The Morgan fingerprint density at radius 3 is 2.33 bits per heavy atom. The molecule has 0 fully saturated rings. The third-order valence-electron chi connectivity index (χ3n) is 1.63. The molecule has 0 heterocycles. The molecule has 0 spiro atoms. The van der Waals surface area contributed by atoms with E-state index in [0.717, 1.165) is 11.8 Å². The maximum absolute atomic E-state index is 10.6. The highest BCUT2D eigenvalue weighted by atomic mass is 16.1. The van der Waals surface area contributed by atoms with Crippen LogP contribution in [0.2, 0.25) is 0 Å². The summed E-state index contributed by atoms with van der Waals surface area (Å²) in [7, 11) is 5.53. The number of carbonyl (C=O) groups is 1. The third-order valence-corrected chi connectivity index (χ3v) is 1.63. The van der Waals surface area contributed by atoms with Crippen LogP contribution in [-0.2, 0) is 4.79 Å². The highest BCUT2D eigenvalue weighted by molar-refractivity contribution is 6.30. The van der Waals surface area contributed by atoms with Gasteiger partial charge in [0.2, 0.25) is 0 Å². The van der Waals surface area contributed by atoms with Crippen LogP contribution in [0.5, 0.6) is 0 Å². The van der Waals surface area contributed by atoms with Gasteiger partial charge in [-0.2, -0.15) is 0 Å². The van der Waals surface area contributed by atoms with E-state index in [2.05, 4.69) is 0 Å². The van der Waals surface area contributed by atoms with E-state index < -0.39 is 0 Å². The monoisotopic (exact) mass is 156 g/mol. The molecule has 0 aliphatic rings. The van der Waals surface area contributed by atoms with Gasteiger partial charge in [-0.05, 0) is 5.56 Å². The number of benzene rings is 1. The second-order valence-electron chi connectivity index (χ2n) is 2.58. The van der Waals surface area contributed by atoms with Crippen molar-refractivity contribution in [2.24, 2.45) is 0 Å². The van der Waals surface area contributed by atoms with Crippen molar-refractivity contribution in [1.82, 2.24) is 0 Å². The van der Waals surface area contributed by atoms with Gasteiger partial charge in [-0.1, -0.05) is 37.3 Å². The molecular formula is C10H9BO. The molecule has 0 unspecified atom stereocenters. The zero-order valence-corrected chi connectivity index (χ0v) is 6.95. The molecule has 0 aliphatic carbocycles. The van der Waals surface area contributed by atoms with Crippen LogP contribution in [0.1, 0.15) is 12.5 Å². The molecule has 1 aromatic carbocycles. The molecule has 1 rings (SSSR count). The fourth-order valence-electron chi connectivity index (χ4n) is 1.01. The molecule has 1 aromatic rings. The fraction of sp³-hybridized carbons (Fsp3) is 0.100. The molecule has 0 N–H and O–H groups in total. The molecule has 12 heavy (non-hydrogen) atoms. The van der Waals surface area contributed by atoms with Gasteiger partial charge in [0.05, 0.1) is 0 Å². The van der Waals surface area contributed by atoms with Crippen LogP contribution in [0.4, 0.5) is 0 Å². The van der Waals surface area contributed by atoms with Crippen LogP contribution in [-0.4, -0.2) is 14.1 Å². The Morgan fingerprint density at radius 1 is 1.33 bits per heavy atom. The van der Waals surface area contributed by atoms with Gasteiger partial charge in [0.1, 0.15) is 14.1 Å². The van der Waals surface area contributed by atoms with Gasteiger partial charge in [0.25, 0.3) is 0 Å². The quantitative estimate of drug-likeness (QED) is 0.362. The lowest BCUT2D eigenvalue weighted by Crippen LogP contribution is -1.89. The minimum Gasteiger partial charge on any atom is -0.298 e. The van der Waals surface area contributed by atoms with Crippen molar-refractivity contribution in [2.45, 2.75) is 6.92 Å². The van der Waals surface area contributed by atoms with Crippen LogP contribution in [0, 0.1) is 0 Å². The lowest BCUT2D eigenvalue weighted by molar-refractivity contribution is -0.103. The Labute approximate surface area is 73.5 Å². The number of carbonyl (C=O) groups excluding carboxylic acids is 1. The first-order valence-corrected chi connectivity index (χ1v) is 3.72. The Bertz CT molecular complexity index is 297. The van der Waals surface area contributed by atoms with Gasteiger partial charge in [0, 0.05) is 5.57 Å². The number of aldehydes is 1. The van der Waals surface area contributed by atoms with E-state index in [4.69, 9.17) is 7.85 Å². The zero-order chi connectivity index (χ0) is 8.97. The van der Waals surface area contributed by atoms with Crippen LogP contribution in [0.15, 0.2) is 35.8 Å². The second kappa shape index (κ2) is 3.91. The Hall–Kier alpha value is -1.31. The van der Waals surface area contributed by atoms with Gasteiger partial charge in [-0.15, -0.1) is 5.47 Å². The normalized spacial score (nSPS) is 12.1. The highest BCUT2D eigenvalue weighted by Gasteiger charge is 1.99. The SMILES string of the molecule is [B]/C(C)=C(/C=O)c1ccccc1. The van der Waals surface area contributed by atoms with E-state index in [-0.39, 0.29) is 0 Å². The molecule has 58 valence electrons. The number of hydrogen-bond acceptors (Lipinski definition) is 1. The summed E-state index contributed by atoms with van der Waals surface area (Å²) in [5.41, 5.74) is 1.99. The number of allylic oxidation sites excluding steroid dienone is 2. The molecule has 2 radical (unpaired) electrons. The van der Waals surface area contributed by atoms with Crippen molar-refractivity contribution in [3.8, 4) is 0 Å². The second-order valence-corrected chi connectivity index (χ2v) is 2.58. The maximum atomic E-state index is 10.6. The minimum atomic E-state index is 0.552. The standard InChI is InChI=1S/C10H9BO/c1-8(11)10(7-12)9-5-3-2-4-6-9/h2-7H,1H3/b10-8-. The predicted molar refractivity (Wildman–Crippen MR) is 50.9 cm³/mol. The smallest absolute Gasteiger partial charge is 0.149 e. The van der Waals surface area contributed by atoms with Gasteiger partial charge < -0.3 is 0 Å². The Morgan fingerprint density at radius 2 is 1.92 bits per heavy atom. The summed E-state index contributed by atoms with van der Waals surface area (Å²) in [4.78, 5) is 10.6. The molecule has 2 heteroatoms. The molecule has 0 amide bonds. The van der Waals surface area contributed by atoms with Crippen molar-refractivity contribution in [2.75, 3.05) is 0 Å². The molecule has 0 aromatic heterocycles. The van der Waals surface area contributed by atoms with Crippen LogP contribution >= 0.6 is 0 Å². The summed E-state index contributed by atoms with van der Waals surface area (Å²) in [5.74, 6) is 0. The zero-order valence-electron chi connectivity index (χ0n) is 6.95. The maximum Gasteiger partial charge on any atom is 0.149 e. The molecule has 0 saturated carbocycles. The fourth-order valence-corrected chi connectivity index (χ4v) is 1.01. The van der Waals surface area contributed by atoms with Crippen LogP contribution < -0.4 is 0 Å². The van der Waals surface area contributed by atoms with Gasteiger partial charge in [0.15, 0.2) is 0 Å². The van der Waals surface area contributed by atoms with Crippen LogP contribution in [0.3, 0.4) is 0 Å². The first-order chi connectivity index (χ1) is 5.75. The van der Waals surface area contributed by atoms with E-state index in [0.29, 0.717) is 11.0 Å². The van der Waals surface area contributed by atoms with Crippen molar-refractivity contribution in [3.05, 3.63) is 41.4 Å². The van der Waals surface area contributed by atoms with E-state index in [1.165, 1.54) is 0 Å². The van der Waals surface area contributed by atoms with E-state index in [1.807, 2.05) is 30.3 Å². The summed E-state index contributed by atoms with van der Waals surface area (Å²) in [6.07, 6.45) is 0.782. The van der Waals surface area contributed by atoms with E-state index >= 15 is 0 Å². The lowest BCUT2D eigenvalue weighted by Gasteiger charge is -2.01. The molecule has 0 saturated heterocycles. The van der Waals surface area contributed by atoms with Crippen molar-refractivity contribution < 1.29 is 4.79 Å². The van der Waals surface area contributed by atoms with Crippen LogP contribution in [0.25, 0.3) is 5.57 Å². The summed E-state index contributed by atoms with van der Waals surface area (Å²) < 4.78 is 0. The van der Waals surface area contributed by atoms with Crippen molar-refractivity contribution >= 4 is 19.7 Å². The Balaban J connectivity index is 3.14. The lowest BCUT2D eigenvalue weighted by atomic mass is 9.89. The van der Waals surface area contributed by atoms with Gasteiger partial charge >= 0.3 is 0 Å². The average Bonchev–Trinajstić information content (AvgIpc) is 2.07. The van der Waals surface area contributed by atoms with E-state index in [1.54, 1.807) is 6.92 Å². The average molecular weight is 156 g/mol. The molecule has 1 nitrogen and oxygen atoms in total. The summed E-state index contributed by atoms with van der Waals surface area (Å²) in [5, 5.41) is 0. The number of hydrogen-bond donors (Lipinski definition) is 0. The summed E-state index contributed by atoms with van der Waals surface area (Å²) in [6.45, 7) is 1.72. The van der Waals surface area contributed by atoms with E-state index in [9.17, 15) is 4.79 Å². The molecule has 0 atom stereocenters. The first kappa shape index (κ1) is 8.79.